The first-order valence-corrected chi connectivity index (χ1v) is 11.0. The van der Waals surface area contributed by atoms with Crippen LogP contribution in [0.15, 0.2) is 38.8 Å². The van der Waals surface area contributed by atoms with Gasteiger partial charge in [0.25, 0.3) is 11.2 Å². The molecule has 2 aromatic heterocycles. The van der Waals surface area contributed by atoms with Crippen molar-refractivity contribution in [3.63, 3.8) is 0 Å². The first-order valence-electron chi connectivity index (χ1n) is 9.51. The second-order valence-electron chi connectivity index (χ2n) is 7.48. The minimum Gasteiger partial charge on any atom is -0.336 e. The van der Waals surface area contributed by atoms with Gasteiger partial charge in [0.2, 0.25) is 10.0 Å². The van der Waals surface area contributed by atoms with Gasteiger partial charge in [0.05, 0.1) is 9.82 Å². The summed E-state index contributed by atoms with van der Waals surface area (Å²) >= 11 is 0. The fourth-order valence-corrected chi connectivity index (χ4v) is 5.33. The van der Waals surface area contributed by atoms with Crippen LogP contribution in [-0.4, -0.2) is 49.8 Å². The molecule has 1 saturated heterocycles. The zero-order chi connectivity index (χ0) is 22.5. The van der Waals surface area contributed by atoms with Crippen molar-refractivity contribution in [1.82, 2.24) is 23.4 Å². The third-order valence-electron chi connectivity index (χ3n) is 5.57. The topological polar surface area (TPSA) is 153 Å². The standard InChI is InChI=1S/C18H20N6O6S/c1-21-16-14(17(25)22(2)18(21)26)19-15(20-16)11-4-3-9-23(10-11)31(29,30)13-7-5-12(6-8-13)24(27)28/h5-8,11H,3-4,9-10H2,1-2H3,(H,19,20). The van der Waals surface area contributed by atoms with Crippen molar-refractivity contribution in [3.8, 4) is 0 Å². The molecule has 3 heterocycles. The first-order chi connectivity index (χ1) is 14.6. The Morgan fingerprint density at radius 3 is 2.48 bits per heavy atom. The Bertz CT molecular complexity index is 1400. The summed E-state index contributed by atoms with van der Waals surface area (Å²) < 4.78 is 29.6. The number of benzene rings is 1. The molecule has 0 saturated carbocycles. The Morgan fingerprint density at radius 2 is 1.84 bits per heavy atom. The van der Waals surface area contributed by atoms with Crippen LogP contribution in [0.3, 0.4) is 0 Å². The van der Waals surface area contributed by atoms with E-state index >= 15 is 0 Å². The lowest BCUT2D eigenvalue weighted by Crippen LogP contribution is -2.39. The van der Waals surface area contributed by atoms with E-state index in [9.17, 15) is 28.1 Å². The maximum Gasteiger partial charge on any atom is 0.332 e. The lowest BCUT2D eigenvalue weighted by Gasteiger charge is -2.30. The Balaban J connectivity index is 1.66. The van der Waals surface area contributed by atoms with Crippen molar-refractivity contribution >= 4 is 26.9 Å². The van der Waals surface area contributed by atoms with E-state index in [0.717, 1.165) is 16.7 Å². The zero-order valence-electron chi connectivity index (χ0n) is 16.8. The average Bonchev–Trinajstić information content (AvgIpc) is 3.22. The van der Waals surface area contributed by atoms with Gasteiger partial charge in [0.1, 0.15) is 11.3 Å². The van der Waals surface area contributed by atoms with Gasteiger partial charge in [-0.2, -0.15) is 4.31 Å². The SMILES string of the molecule is Cn1c(=O)c2[nH]c(C3CCCN(S(=O)(=O)c4ccc([N+](=O)[O-])cc4)C3)nc2n(C)c1=O. The quantitative estimate of drug-likeness (QED) is 0.449. The van der Waals surface area contributed by atoms with Gasteiger partial charge in [-0.3, -0.25) is 24.0 Å². The Kier molecular flexibility index (Phi) is 5.01. The van der Waals surface area contributed by atoms with Crippen LogP contribution in [-0.2, 0) is 24.1 Å². The molecule has 31 heavy (non-hydrogen) atoms. The predicted molar refractivity (Wildman–Crippen MR) is 110 cm³/mol. The number of nitrogens with one attached hydrogen (secondary N) is 1. The van der Waals surface area contributed by atoms with E-state index in [1.165, 1.54) is 35.1 Å². The maximum absolute atomic E-state index is 13.0. The summed E-state index contributed by atoms with van der Waals surface area (Å²) in [6, 6.07) is 4.75. The number of rotatable bonds is 4. The molecule has 4 rings (SSSR count). The van der Waals surface area contributed by atoms with Gasteiger partial charge in [0, 0.05) is 45.2 Å². The number of aromatic amines is 1. The van der Waals surface area contributed by atoms with Crippen LogP contribution < -0.4 is 11.2 Å². The molecular weight excluding hydrogens is 428 g/mol. The van der Waals surface area contributed by atoms with E-state index in [4.69, 9.17) is 0 Å². The number of aromatic nitrogens is 4. The smallest absolute Gasteiger partial charge is 0.332 e. The molecule has 1 atom stereocenters. The maximum atomic E-state index is 13.0. The predicted octanol–water partition coefficient (Wildman–Crippen LogP) is 0.437. The summed E-state index contributed by atoms with van der Waals surface area (Å²) in [4.78, 5) is 42.1. The van der Waals surface area contributed by atoms with Gasteiger partial charge in [-0.05, 0) is 25.0 Å². The normalized spacial score (nSPS) is 17.8. The summed E-state index contributed by atoms with van der Waals surface area (Å²) in [6.07, 6.45) is 1.23. The van der Waals surface area contributed by atoms with E-state index in [-0.39, 0.29) is 34.2 Å². The van der Waals surface area contributed by atoms with Gasteiger partial charge in [-0.25, -0.2) is 18.2 Å². The lowest BCUT2D eigenvalue weighted by molar-refractivity contribution is -0.384. The molecule has 1 aliphatic rings. The summed E-state index contributed by atoms with van der Waals surface area (Å²) in [5.41, 5.74) is -0.775. The number of piperidine rings is 1. The minimum absolute atomic E-state index is 0.0281. The largest absolute Gasteiger partial charge is 0.336 e. The van der Waals surface area contributed by atoms with Crippen LogP contribution >= 0.6 is 0 Å². The van der Waals surface area contributed by atoms with E-state index in [2.05, 4.69) is 9.97 Å². The number of hydrogen-bond acceptors (Lipinski definition) is 7. The monoisotopic (exact) mass is 448 g/mol. The Morgan fingerprint density at radius 1 is 1.16 bits per heavy atom. The fourth-order valence-electron chi connectivity index (χ4n) is 3.81. The van der Waals surface area contributed by atoms with Crippen molar-refractivity contribution in [3.05, 3.63) is 61.0 Å². The van der Waals surface area contributed by atoms with Crippen molar-refractivity contribution in [1.29, 1.82) is 0 Å². The second kappa shape index (κ2) is 7.42. The number of non-ortho nitro benzene ring substituents is 1. The molecule has 1 fully saturated rings. The molecule has 0 amide bonds. The highest BCUT2D eigenvalue weighted by atomic mass is 32.2. The van der Waals surface area contributed by atoms with E-state index in [1.807, 2.05) is 0 Å². The number of H-pyrrole nitrogens is 1. The van der Waals surface area contributed by atoms with Gasteiger partial charge < -0.3 is 4.98 Å². The summed E-state index contributed by atoms with van der Waals surface area (Å²) in [5, 5.41) is 10.8. The van der Waals surface area contributed by atoms with Crippen LogP contribution in [0, 0.1) is 10.1 Å². The molecule has 0 spiro atoms. The van der Waals surface area contributed by atoms with Gasteiger partial charge in [-0.1, -0.05) is 0 Å². The van der Waals surface area contributed by atoms with Crippen molar-refractivity contribution in [2.24, 2.45) is 14.1 Å². The van der Waals surface area contributed by atoms with E-state index in [1.54, 1.807) is 0 Å². The van der Waals surface area contributed by atoms with Gasteiger partial charge >= 0.3 is 5.69 Å². The molecule has 3 aromatic rings. The van der Waals surface area contributed by atoms with Crippen LogP contribution in [0.1, 0.15) is 24.6 Å². The summed E-state index contributed by atoms with van der Waals surface area (Å²) in [7, 11) is -0.964. The minimum atomic E-state index is -3.86. The number of hydrogen-bond donors (Lipinski definition) is 1. The third-order valence-corrected chi connectivity index (χ3v) is 7.45. The summed E-state index contributed by atoms with van der Waals surface area (Å²) in [5.74, 6) is 0.144. The van der Waals surface area contributed by atoms with E-state index in [0.29, 0.717) is 25.2 Å². The fraction of sp³-hybridized carbons (Fsp3) is 0.389. The Labute approximate surface area is 176 Å². The number of aryl methyl sites for hydroxylation is 1. The lowest BCUT2D eigenvalue weighted by atomic mass is 9.99. The highest BCUT2D eigenvalue weighted by Crippen LogP contribution is 2.30. The molecule has 164 valence electrons. The van der Waals surface area contributed by atoms with Crippen LogP contribution in [0.2, 0.25) is 0 Å². The molecular formula is C18H20N6O6S. The highest BCUT2D eigenvalue weighted by Gasteiger charge is 2.33. The van der Waals surface area contributed by atoms with Crippen LogP contribution in [0.5, 0.6) is 0 Å². The molecule has 1 unspecified atom stereocenters. The van der Waals surface area contributed by atoms with Crippen molar-refractivity contribution in [2.45, 2.75) is 23.7 Å². The number of nitrogens with zero attached hydrogens (tertiary/aromatic N) is 5. The van der Waals surface area contributed by atoms with Crippen LogP contribution in [0.4, 0.5) is 5.69 Å². The zero-order valence-corrected chi connectivity index (χ0v) is 17.6. The summed E-state index contributed by atoms with van der Waals surface area (Å²) in [6.45, 7) is 0.434. The molecule has 0 bridgehead atoms. The molecule has 1 aromatic carbocycles. The number of nitro benzene ring substituents is 1. The Hall–Kier alpha value is -3.32. The average molecular weight is 448 g/mol. The number of imidazole rings is 1. The second-order valence-corrected chi connectivity index (χ2v) is 9.42. The van der Waals surface area contributed by atoms with E-state index < -0.39 is 26.2 Å². The number of sulfonamides is 1. The van der Waals surface area contributed by atoms with Crippen molar-refractivity contribution in [2.75, 3.05) is 13.1 Å². The first kappa shape index (κ1) is 20.9. The molecule has 12 nitrogen and oxygen atoms in total. The number of nitro groups is 1. The van der Waals surface area contributed by atoms with Crippen LogP contribution in [0.25, 0.3) is 11.2 Å². The highest BCUT2D eigenvalue weighted by molar-refractivity contribution is 7.89. The molecule has 0 aliphatic carbocycles. The third kappa shape index (κ3) is 3.45. The molecule has 1 aliphatic heterocycles. The molecule has 13 heteroatoms. The van der Waals surface area contributed by atoms with Crippen molar-refractivity contribution < 1.29 is 13.3 Å². The molecule has 1 N–H and O–H groups in total. The number of fused-ring (bicyclic) bond motifs is 1. The van der Waals surface area contributed by atoms with Gasteiger partial charge in [-0.15, -0.1) is 0 Å². The van der Waals surface area contributed by atoms with Gasteiger partial charge in [0.15, 0.2) is 5.65 Å². The molecule has 0 radical (unpaired) electrons.